The van der Waals surface area contributed by atoms with E-state index in [9.17, 15) is 14.7 Å². The molecule has 3 aliphatic rings. The van der Waals surface area contributed by atoms with E-state index in [1.807, 2.05) is 18.7 Å². The number of aliphatic hydroxyl groups excluding tert-OH is 1. The van der Waals surface area contributed by atoms with E-state index >= 15 is 0 Å². The summed E-state index contributed by atoms with van der Waals surface area (Å²) in [5, 5.41) is 18.7. The summed E-state index contributed by atoms with van der Waals surface area (Å²) in [4.78, 5) is 41.4. The Kier molecular flexibility index (Phi) is 8.81. The topological polar surface area (TPSA) is 129 Å². The van der Waals surface area contributed by atoms with Crippen molar-refractivity contribution in [3.8, 4) is 6.01 Å². The number of aromatic nitrogens is 4. The molecule has 12 nitrogen and oxygen atoms in total. The fraction of sp³-hybridized carbons (Fsp3) is 0.531. The highest BCUT2D eigenvalue weighted by Gasteiger charge is 2.36. The van der Waals surface area contributed by atoms with E-state index in [1.165, 1.54) is 11.1 Å². The van der Waals surface area contributed by atoms with Gasteiger partial charge >= 0.3 is 6.01 Å². The van der Waals surface area contributed by atoms with Crippen LogP contribution in [-0.2, 0) is 20.0 Å². The van der Waals surface area contributed by atoms with Gasteiger partial charge in [-0.25, -0.2) is 0 Å². The minimum atomic E-state index is -0.650. The molecule has 2 atom stereocenters. The van der Waals surface area contributed by atoms with E-state index in [0.717, 1.165) is 32.4 Å². The van der Waals surface area contributed by atoms with Crippen LogP contribution in [-0.4, -0.2) is 108 Å². The predicted molar refractivity (Wildman–Crippen MR) is 164 cm³/mol. The number of piperidine rings is 2. The molecule has 3 aliphatic heterocycles. The predicted octanol–water partition coefficient (Wildman–Crippen LogP) is 2.35. The highest BCUT2D eigenvalue weighted by molar-refractivity contribution is 5.94. The van der Waals surface area contributed by atoms with Gasteiger partial charge in [0.15, 0.2) is 0 Å². The molecule has 5 heterocycles. The molecular formula is C32H42N8O4. The lowest BCUT2D eigenvalue weighted by Gasteiger charge is -2.43. The number of carbonyl (C=O) groups excluding carboxylic acids is 2. The number of carbonyl (C=O) groups is 2. The zero-order valence-electron chi connectivity index (χ0n) is 25.7. The number of aryl methyl sites for hydroxylation is 1. The van der Waals surface area contributed by atoms with Crippen molar-refractivity contribution in [2.45, 2.75) is 70.4 Å². The second-order valence-corrected chi connectivity index (χ2v) is 12.4. The molecule has 234 valence electrons. The Hall–Kier alpha value is -4.03. The first-order valence-electron chi connectivity index (χ1n) is 15.6. The van der Waals surface area contributed by atoms with Gasteiger partial charge in [-0.1, -0.05) is 24.3 Å². The van der Waals surface area contributed by atoms with Crippen LogP contribution < -0.4 is 10.1 Å². The van der Waals surface area contributed by atoms with E-state index in [0.29, 0.717) is 37.4 Å². The first kappa shape index (κ1) is 30.0. The van der Waals surface area contributed by atoms with E-state index < -0.39 is 6.10 Å². The van der Waals surface area contributed by atoms with Crippen LogP contribution in [0.3, 0.4) is 0 Å². The lowest BCUT2D eigenvalue weighted by atomic mass is 9.94. The van der Waals surface area contributed by atoms with Gasteiger partial charge in [0.05, 0.1) is 24.0 Å². The van der Waals surface area contributed by atoms with Crippen molar-refractivity contribution in [1.82, 2.24) is 34.4 Å². The largest absolute Gasteiger partial charge is 0.461 e. The van der Waals surface area contributed by atoms with E-state index in [4.69, 9.17) is 4.74 Å². The lowest BCUT2D eigenvalue weighted by Crippen LogP contribution is -2.56. The number of nitrogens with one attached hydrogen (secondary N) is 1. The molecule has 3 aromatic rings. The standard InChI is InChI=1S/C32H42N8O4/c1-21(2)44-32-35-26(16-29(36-32)34-25-9-13-38(14-10-25)30(42)24-17-33-37(3)18-24)31(43)40-15-11-27(28(41)20-40)39-12-8-22-6-4-5-7-23(22)19-39/h4-7,16-18,21,25,27-28,41H,8-15,19-20H2,1-3H3,(H,34,35,36)/t27-,28-/m1/s1. The van der Waals surface area contributed by atoms with Gasteiger partial charge in [-0.05, 0) is 50.7 Å². The molecule has 2 fully saturated rings. The van der Waals surface area contributed by atoms with Gasteiger partial charge in [-0.3, -0.25) is 19.2 Å². The molecule has 1 aromatic carbocycles. The Balaban J connectivity index is 1.09. The molecule has 0 saturated carbocycles. The molecule has 0 spiro atoms. The third-order valence-corrected chi connectivity index (χ3v) is 8.81. The minimum Gasteiger partial charge on any atom is -0.461 e. The number of likely N-dealkylation sites (tertiary alicyclic amines) is 2. The first-order chi connectivity index (χ1) is 21.2. The monoisotopic (exact) mass is 602 g/mol. The first-order valence-corrected chi connectivity index (χ1v) is 15.6. The van der Waals surface area contributed by atoms with Gasteiger partial charge in [0, 0.05) is 70.7 Å². The zero-order chi connectivity index (χ0) is 30.8. The van der Waals surface area contributed by atoms with Crippen LogP contribution in [0.25, 0.3) is 0 Å². The number of nitrogens with zero attached hydrogens (tertiary/aromatic N) is 7. The molecule has 12 heteroatoms. The fourth-order valence-electron chi connectivity index (χ4n) is 6.51. The summed E-state index contributed by atoms with van der Waals surface area (Å²) in [5.41, 5.74) is 3.51. The summed E-state index contributed by atoms with van der Waals surface area (Å²) in [6.07, 6.45) is 5.65. The Morgan fingerprint density at radius 3 is 2.45 bits per heavy atom. The molecule has 0 bridgehead atoms. The van der Waals surface area contributed by atoms with Crippen molar-refractivity contribution in [2.75, 3.05) is 38.0 Å². The third kappa shape index (κ3) is 6.71. The molecule has 2 aromatic heterocycles. The van der Waals surface area contributed by atoms with Crippen LogP contribution in [0.15, 0.2) is 42.7 Å². The molecule has 2 N–H and O–H groups in total. The average Bonchev–Trinajstić information content (AvgIpc) is 3.46. The molecule has 2 saturated heterocycles. The summed E-state index contributed by atoms with van der Waals surface area (Å²) in [7, 11) is 1.80. The number of hydrogen-bond donors (Lipinski definition) is 2. The molecule has 6 rings (SSSR count). The summed E-state index contributed by atoms with van der Waals surface area (Å²) in [6, 6.07) is 10.4. The van der Waals surface area contributed by atoms with Crippen molar-refractivity contribution in [3.63, 3.8) is 0 Å². The van der Waals surface area contributed by atoms with Crippen molar-refractivity contribution >= 4 is 17.6 Å². The van der Waals surface area contributed by atoms with Crippen LogP contribution in [0, 0.1) is 0 Å². The number of aliphatic hydroxyl groups is 1. The summed E-state index contributed by atoms with van der Waals surface area (Å²) >= 11 is 0. The van der Waals surface area contributed by atoms with E-state index in [1.54, 1.807) is 35.1 Å². The number of hydrogen-bond acceptors (Lipinski definition) is 9. The van der Waals surface area contributed by atoms with Gasteiger partial charge in [-0.15, -0.1) is 0 Å². The molecule has 2 amide bonds. The third-order valence-electron chi connectivity index (χ3n) is 8.81. The number of β-amino-alcohol motifs (C(OH)–C–C–N with tert-alkyl or cyclic N) is 1. The van der Waals surface area contributed by atoms with Crippen molar-refractivity contribution in [3.05, 3.63) is 65.1 Å². The fourth-order valence-corrected chi connectivity index (χ4v) is 6.51. The number of ether oxygens (including phenoxy) is 1. The maximum absolute atomic E-state index is 13.7. The number of benzene rings is 1. The van der Waals surface area contributed by atoms with Crippen LogP contribution in [0.4, 0.5) is 5.82 Å². The maximum atomic E-state index is 13.7. The smallest absolute Gasteiger partial charge is 0.319 e. The average molecular weight is 603 g/mol. The summed E-state index contributed by atoms with van der Waals surface area (Å²) in [6.45, 7) is 7.49. The Bertz CT molecular complexity index is 1480. The Morgan fingerprint density at radius 1 is 1.00 bits per heavy atom. The number of rotatable bonds is 7. The SMILES string of the molecule is CC(C)Oc1nc(NC2CCN(C(=O)c3cnn(C)c3)CC2)cc(C(=O)N2CC[C@@H](N3CCc4ccccc4C3)[C@H](O)C2)n1. The van der Waals surface area contributed by atoms with Gasteiger partial charge in [0.2, 0.25) is 0 Å². The number of fused-ring (bicyclic) bond motifs is 1. The highest BCUT2D eigenvalue weighted by Crippen LogP contribution is 2.27. The van der Waals surface area contributed by atoms with Gasteiger partial charge in [0.1, 0.15) is 11.5 Å². The second kappa shape index (κ2) is 12.9. The van der Waals surface area contributed by atoms with Crippen LogP contribution >= 0.6 is 0 Å². The molecule has 44 heavy (non-hydrogen) atoms. The van der Waals surface area contributed by atoms with E-state index in [-0.39, 0.29) is 48.3 Å². The van der Waals surface area contributed by atoms with Crippen molar-refractivity contribution < 1.29 is 19.4 Å². The molecule has 0 unspecified atom stereocenters. The number of amides is 2. The van der Waals surface area contributed by atoms with Gasteiger partial charge in [0.25, 0.3) is 11.8 Å². The molecule has 0 aliphatic carbocycles. The van der Waals surface area contributed by atoms with Crippen molar-refractivity contribution in [2.24, 2.45) is 7.05 Å². The van der Waals surface area contributed by atoms with Crippen molar-refractivity contribution in [1.29, 1.82) is 0 Å². The normalized spacial score (nSPS) is 21.3. The Labute approximate surface area is 258 Å². The van der Waals surface area contributed by atoms with Crippen LogP contribution in [0.1, 0.15) is 65.1 Å². The minimum absolute atomic E-state index is 0.00534. The van der Waals surface area contributed by atoms with Crippen LogP contribution in [0.2, 0.25) is 0 Å². The quantitative estimate of drug-likeness (QED) is 0.419. The number of anilines is 1. The van der Waals surface area contributed by atoms with E-state index in [2.05, 4.69) is 49.5 Å². The second-order valence-electron chi connectivity index (χ2n) is 12.4. The molecule has 0 radical (unpaired) electrons. The lowest BCUT2D eigenvalue weighted by molar-refractivity contribution is -0.0139. The van der Waals surface area contributed by atoms with Gasteiger partial charge in [-0.2, -0.15) is 15.1 Å². The maximum Gasteiger partial charge on any atom is 0.319 e. The van der Waals surface area contributed by atoms with Crippen LogP contribution in [0.5, 0.6) is 6.01 Å². The summed E-state index contributed by atoms with van der Waals surface area (Å²) in [5.74, 6) is 0.246. The highest BCUT2D eigenvalue weighted by atomic mass is 16.5. The Morgan fingerprint density at radius 2 is 1.75 bits per heavy atom. The molecular weight excluding hydrogens is 560 g/mol. The summed E-state index contributed by atoms with van der Waals surface area (Å²) < 4.78 is 7.45. The van der Waals surface area contributed by atoms with Gasteiger partial charge < -0.3 is 25.0 Å². The zero-order valence-corrected chi connectivity index (χ0v) is 25.7.